The van der Waals surface area contributed by atoms with Crippen LogP contribution >= 0.6 is 0 Å². The van der Waals surface area contributed by atoms with Gasteiger partial charge >= 0.3 is 12.1 Å². The summed E-state index contributed by atoms with van der Waals surface area (Å²) in [5, 5.41) is 12.4. The van der Waals surface area contributed by atoms with E-state index < -0.39 is 23.6 Å². The van der Waals surface area contributed by atoms with Gasteiger partial charge in [-0.25, -0.2) is 9.59 Å². The number of carbonyl (C=O) groups is 3. The summed E-state index contributed by atoms with van der Waals surface area (Å²) >= 11 is 0. The Labute approximate surface area is 206 Å². The van der Waals surface area contributed by atoms with E-state index in [0.717, 1.165) is 30.4 Å². The summed E-state index contributed by atoms with van der Waals surface area (Å²) in [6, 6.07) is 15.4. The van der Waals surface area contributed by atoms with Crippen LogP contribution in [0.25, 0.3) is 11.1 Å². The Morgan fingerprint density at radius 1 is 1.03 bits per heavy atom. The minimum atomic E-state index is -1.04. The number of ether oxygens (including phenoxy) is 1. The van der Waals surface area contributed by atoms with Gasteiger partial charge in [0, 0.05) is 12.5 Å². The Bertz CT molecular complexity index is 1050. The average molecular weight is 479 g/mol. The predicted octanol–water partition coefficient (Wildman–Crippen LogP) is 4.94. The first-order chi connectivity index (χ1) is 16.8. The van der Waals surface area contributed by atoms with E-state index in [9.17, 15) is 19.5 Å². The van der Waals surface area contributed by atoms with E-state index in [1.165, 1.54) is 23.0 Å². The van der Waals surface area contributed by atoms with Crippen LogP contribution in [0.4, 0.5) is 4.79 Å². The molecule has 1 saturated carbocycles. The fourth-order valence-corrected chi connectivity index (χ4v) is 5.62. The number of hydrogen-bond donors (Lipinski definition) is 2. The van der Waals surface area contributed by atoms with Crippen molar-refractivity contribution in [2.75, 3.05) is 13.2 Å². The van der Waals surface area contributed by atoms with Crippen molar-refractivity contribution in [3.63, 3.8) is 0 Å². The average Bonchev–Trinajstić information content (AvgIpc) is 3.17. The van der Waals surface area contributed by atoms with Crippen molar-refractivity contribution in [3.05, 3.63) is 59.7 Å². The molecule has 186 valence electrons. The van der Waals surface area contributed by atoms with Gasteiger partial charge in [0.25, 0.3) is 0 Å². The van der Waals surface area contributed by atoms with Gasteiger partial charge in [0.15, 0.2) is 0 Å². The zero-order valence-corrected chi connectivity index (χ0v) is 20.5. The van der Waals surface area contributed by atoms with Crippen molar-refractivity contribution in [1.29, 1.82) is 0 Å². The van der Waals surface area contributed by atoms with Crippen LogP contribution in [0.1, 0.15) is 69.4 Å². The van der Waals surface area contributed by atoms with Crippen LogP contribution in [0.2, 0.25) is 0 Å². The Balaban J connectivity index is 1.45. The summed E-state index contributed by atoms with van der Waals surface area (Å²) in [5.74, 6) is -1.34. The molecule has 1 fully saturated rings. The molecule has 1 unspecified atom stereocenters. The van der Waals surface area contributed by atoms with E-state index in [0.29, 0.717) is 19.4 Å². The Kier molecular flexibility index (Phi) is 7.43. The molecular weight excluding hydrogens is 444 g/mol. The van der Waals surface area contributed by atoms with Gasteiger partial charge in [-0.2, -0.15) is 0 Å². The zero-order chi connectivity index (χ0) is 25.0. The molecule has 2 amide bonds. The zero-order valence-electron chi connectivity index (χ0n) is 20.5. The highest BCUT2D eigenvalue weighted by atomic mass is 16.5. The van der Waals surface area contributed by atoms with Crippen molar-refractivity contribution in [3.8, 4) is 11.1 Å². The molecule has 0 aromatic heterocycles. The van der Waals surface area contributed by atoms with Gasteiger partial charge < -0.3 is 20.1 Å². The highest BCUT2D eigenvalue weighted by molar-refractivity contribution is 5.84. The van der Waals surface area contributed by atoms with E-state index >= 15 is 0 Å². The number of amides is 2. The van der Waals surface area contributed by atoms with Gasteiger partial charge in [-0.05, 0) is 48.9 Å². The first-order valence-electron chi connectivity index (χ1n) is 12.5. The summed E-state index contributed by atoms with van der Waals surface area (Å²) in [4.78, 5) is 38.9. The lowest BCUT2D eigenvalue weighted by atomic mass is 9.79. The molecule has 7 nitrogen and oxygen atoms in total. The lowest BCUT2D eigenvalue weighted by Gasteiger charge is -2.39. The molecule has 0 spiro atoms. The summed E-state index contributed by atoms with van der Waals surface area (Å²) in [6.07, 6.45) is 3.73. The number of nitrogens with zero attached hydrogens (tertiary/aromatic N) is 1. The van der Waals surface area contributed by atoms with Crippen molar-refractivity contribution < 1.29 is 24.2 Å². The van der Waals surface area contributed by atoms with Crippen LogP contribution in [0.5, 0.6) is 0 Å². The lowest BCUT2D eigenvalue weighted by molar-refractivity contribution is -0.150. The number of hydrogen-bond acceptors (Lipinski definition) is 4. The van der Waals surface area contributed by atoms with Crippen molar-refractivity contribution >= 4 is 18.0 Å². The fourth-order valence-electron chi connectivity index (χ4n) is 5.62. The topological polar surface area (TPSA) is 95.9 Å². The summed E-state index contributed by atoms with van der Waals surface area (Å²) in [5.41, 5.74) is 3.90. The third-order valence-corrected chi connectivity index (χ3v) is 7.50. The maximum Gasteiger partial charge on any atom is 0.407 e. The van der Waals surface area contributed by atoms with Crippen molar-refractivity contribution in [2.45, 2.75) is 69.9 Å². The van der Waals surface area contributed by atoms with E-state index in [1.807, 2.05) is 24.3 Å². The van der Waals surface area contributed by atoms with Gasteiger partial charge in [0.1, 0.15) is 12.6 Å². The maximum absolute atomic E-state index is 13.1. The van der Waals surface area contributed by atoms with Crippen molar-refractivity contribution in [2.24, 2.45) is 0 Å². The monoisotopic (exact) mass is 478 g/mol. The third-order valence-electron chi connectivity index (χ3n) is 7.50. The molecule has 1 atom stereocenters. The van der Waals surface area contributed by atoms with E-state index in [4.69, 9.17) is 4.74 Å². The molecule has 2 aromatic rings. The number of carboxylic acids is 1. The first-order valence-corrected chi connectivity index (χ1v) is 12.5. The smallest absolute Gasteiger partial charge is 0.407 e. The highest BCUT2D eigenvalue weighted by Crippen LogP contribution is 2.44. The van der Waals surface area contributed by atoms with Gasteiger partial charge in [-0.3, -0.25) is 4.79 Å². The van der Waals surface area contributed by atoms with Crippen LogP contribution in [0.3, 0.4) is 0 Å². The van der Waals surface area contributed by atoms with E-state index in [2.05, 4.69) is 29.6 Å². The maximum atomic E-state index is 13.1. The fraction of sp³-hybridized carbons (Fsp3) is 0.464. The molecule has 2 N–H and O–H groups in total. The quantitative estimate of drug-likeness (QED) is 0.560. The third kappa shape index (κ3) is 5.19. The molecule has 2 aliphatic rings. The minimum Gasteiger partial charge on any atom is -0.480 e. The molecule has 7 heteroatoms. The number of benzene rings is 2. The summed E-state index contributed by atoms with van der Waals surface area (Å²) in [7, 11) is 0. The Morgan fingerprint density at radius 3 is 2.14 bits per heavy atom. The number of aliphatic carboxylic acids is 1. The number of carboxylic acid groups (broad SMARTS) is 1. The van der Waals surface area contributed by atoms with Crippen molar-refractivity contribution in [1.82, 2.24) is 10.2 Å². The van der Waals surface area contributed by atoms with Crippen LogP contribution in [-0.2, 0) is 14.3 Å². The molecule has 0 bridgehead atoms. The van der Waals surface area contributed by atoms with Gasteiger partial charge in [0.05, 0.1) is 12.0 Å². The molecule has 2 aliphatic carbocycles. The second-order valence-corrected chi connectivity index (χ2v) is 9.66. The molecule has 0 heterocycles. The first kappa shape index (κ1) is 24.8. The number of rotatable bonds is 8. The standard InChI is InChI=1S/C28H34N2O5/c1-3-30(19(2)26(32)33)25(31)17-28(15-9-4-10-16-28)29-27(34)35-18-24-22-13-7-5-11-20(22)21-12-6-8-14-23(21)24/h5-8,11-14,19,24H,3-4,9-10,15-18H2,1-2H3,(H,29,34)(H,32,33). The van der Waals surface area contributed by atoms with Gasteiger partial charge in [0.2, 0.25) is 5.91 Å². The second kappa shape index (κ2) is 10.5. The number of nitrogens with one attached hydrogen (secondary N) is 1. The molecular formula is C28H34N2O5. The van der Waals surface area contributed by atoms with E-state index in [-0.39, 0.29) is 24.9 Å². The van der Waals surface area contributed by atoms with Gasteiger partial charge in [-0.1, -0.05) is 67.8 Å². The molecule has 4 rings (SSSR count). The molecule has 0 aliphatic heterocycles. The number of carbonyl (C=O) groups excluding carboxylic acids is 2. The van der Waals surface area contributed by atoms with E-state index in [1.54, 1.807) is 6.92 Å². The number of alkyl carbamates (subject to hydrolysis) is 1. The highest BCUT2D eigenvalue weighted by Gasteiger charge is 2.39. The Hall–Kier alpha value is -3.35. The Morgan fingerprint density at radius 2 is 1.60 bits per heavy atom. The van der Waals surface area contributed by atoms with Crippen LogP contribution in [-0.4, -0.2) is 52.7 Å². The minimum absolute atomic E-state index is 0.0379. The predicted molar refractivity (Wildman–Crippen MR) is 133 cm³/mol. The largest absolute Gasteiger partial charge is 0.480 e. The van der Waals surface area contributed by atoms with Crippen LogP contribution in [0.15, 0.2) is 48.5 Å². The molecule has 0 saturated heterocycles. The normalized spacial score (nSPS) is 17.1. The summed E-state index contributed by atoms with van der Waals surface area (Å²) in [6.45, 7) is 3.79. The lowest BCUT2D eigenvalue weighted by Crippen LogP contribution is -2.54. The van der Waals surface area contributed by atoms with Crippen LogP contribution < -0.4 is 5.32 Å². The SMILES string of the molecule is CCN(C(=O)CC1(NC(=O)OCC2c3ccccc3-c3ccccc32)CCCCC1)C(C)C(=O)O. The summed E-state index contributed by atoms with van der Waals surface area (Å²) < 4.78 is 5.75. The molecule has 2 aromatic carbocycles. The number of likely N-dealkylation sites (N-methyl/N-ethyl adjacent to an activating group) is 1. The molecule has 0 radical (unpaired) electrons. The number of fused-ring (bicyclic) bond motifs is 3. The molecule has 35 heavy (non-hydrogen) atoms. The second-order valence-electron chi connectivity index (χ2n) is 9.66. The van der Waals surface area contributed by atoms with Crippen LogP contribution in [0, 0.1) is 0 Å². The van der Waals surface area contributed by atoms with Gasteiger partial charge in [-0.15, -0.1) is 0 Å².